The summed E-state index contributed by atoms with van der Waals surface area (Å²) >= 11 is 0. The van der Waals surface area contributed by atoms with Gasteiger partial charge in [0.2, 0.25) is 0 Å². The van der Waals surface area contributed by atoms with Gasteiger partial charge in [0.15, 0.2) is 0 Å². The number of amidine groups is 1. The second-order valence-corrected chi connectivity index (χ2v) is 4.75. The molecule has 1 N–H and O–H groups in total. The van der Waals surface area contributed by atoms with Crippen LogP contribution in [0.15, 0.2) is 35.5 Å². The van der Waals surface area contributed by atoms with E-state index in [2.05, 4.69) is 42.0 Å². The molecule has 1 heterocycles. The lowest BCUT2D eigenvalue weighted by Crippen LogP contribution is -2.17. The summed E-state index contributed by atoms with van der Waals surface area (Å²) in [6, 6.07) is 6.71. The Balaban J connectivity index is 1.96. The Morgan fingerprint density at radius 3 is 3.06 bits per heavy atom. The average Bonchev–Trinajstić information content (AvgIpc) is 2.86. The second-order valence-electron chi connectivity index (χ2n) is 4.75. The molecule has 0 spiro atoms. The molecule has 2 heteroatoms. The van der Waals surface area contributed by atoms with Crippen molar-refractivity contribution < 1.29 is 0 Å². The van der Waals surface area contributed by atoms with Crippen LogP contribution in [0, 0.1) is 0 Å². The third kappa shape index (κ3) is 1.45. The van der Waals surface area contributed by atoms with Crippen molar-refractivity contribution >= 4 is 5.84 Å². The van der Waals surface area contributed by atoms with Crippen molar-refractivity contribution in [2.45, 2.75) is 25.7 Å². The Morgan fingerprint density at radius 1 is 1.44 bits per heavy atom. The fourth-order valence-corrected chi connectivity index (χ4v) is 2.56. The van der Waals surface area contributed by atoms with Gasteiger partial charge in [0, 0.05) is 11.3 Å². The largest absolute Gasteiger partial charge is 0.342 e. The van der Waals surface area contributed by atoms with Crippen molar-refractivity contribution in [1.82, 2.24) is 5.32 Å². The van der Waals surface area contributed by atoms with Gasteiger partial charge < -0.3 is 5.32 Å². The van der Waals surface area contributed by atoms with Crippen LogP contribution in [0.25, 0.3) is 0 Å². The van der Waals surface area contributed by atoms with E-state index in [4.69, 9.17) is 0 Å². The molecule has 1 aliphatic heterocycles. The quantitative estimate of drug-likeness (QED) is 0.760. The summed E-state index contributed by atoms with van der Waals surface area (Å²) in [5.74, 6) is 1.70. The van der Waals surface area contributed by atoms with E-state index in [1.165, 1.54) is 29.5 Å². The lowest BCUT2D eigenvalue weighted by atomic mass is 10.0. The van der Waals surface area contributed by atoms with Crippen LogP contribution in [0.1, 0.15) is 36.0 Å². The van der Waals surface area contributed by atoms with Crippen LogP contribution in [-0.4, -0.2) is 12.4 Å². The molecule has 1 atom stereocenters. The van der Waals surface area contributed by atoms with Crippen LogP contribution in [0.2, 0.25) is 0 Å². The van der Waals surface area contributed by atoms with Crippen molar-refractivity contribution in [2.24, 2.45) is 4.99 Å². The van der Waals surface area contributed by atoms with Crippen LogP contribution in [-0.2, 0) is 6.42 Å². The van der Waals surface area contributed by atoms with Gasteiger partial charge in [-0.15, -0.1) is 0 Å². The van der Waals surface area contributed by atoms with Gasteiger partial charge in [-0.2, -0.15) is 0 Å². The molecular weight excluding hydrogens is 196 g/mol. The lowest BCUT2D eigenvalue weighted by molar-refractivity contribution is 0.747. The summed E-state index contributed by atoms with van der Waals surface area (Å²) in [6.45, 7) is 6.90. The molecule has 0 aromatic heterocycles. The Morgan fingerprint density at radius 2 is 2.31 bits per heavy atom. The summed E-state index contributed by atoms with van der Waals surface area (Å²) < 4.78 is 0. The predicted molar refractivity (Wildman–Crippen MR) is 66.9 cm³/mol. The van der Waals surface area contributed by atoms with E-state index in [0.29, 0.717) is 6.54 Å². The molecule has 0 saturated heterocycles. The van der Waals surface area contributed by atoms with Crippen molar-refractivity contribution in [1.29, 1.82) is 0 Å². The number of hydrogen-bond donors (Lipinski definition) is 1. The number of benzene rings is 1. The molecule has 82 valence electrons. The molecular formula is C14H16N2. The minimum atomic E-state index is 0.711. The predicted octanol–water partition coefficient (Wildman–Crippen LogP) is 2.60. The smallest absolute Gasteiger partial charge is 0.132 e. The van der Waals surface area contributed by atoms with Crippen LogP contribution in [0.5, 0.6) is 0 Å². The number of hydrogen-bond acceptors (Lipinski definition) is 2. The number of rotatable bonds is 1. The highest BCUT2D eigenvalue weighted by atomic mass is 15.1. The highest BCUT2D eigenvalue weighted by molar-refractivity contribution is 6.01. The molecule has 16 heavy (non-hydrogen) atoms. The molecule has 0 amide bonds. The zero-order valence-electron chi connectivity index (χ0n) is 9.59. The van der Waals surface area contributed by atoms with E-state index in [1.54, 1.807) is 0 Å². The van der Waals surface area contributed by atoms with E-state index < -0.39 is 0 Å². The molecule has 0 saturated carbocycles. The van der Waals surface area contributed by atoms with Crippen LogP contribution in [0.4, 0.5) is 0 Å². The van der Waals surface area contributed by atoms with Gasteiger partial charge in [-0.3, -0.25) is 4.99 Å². The first-order valence-corrected chi connectivity index (χ1v) is 5.86. The third-order valence-electron chi connectivity index (χ3n) is 3.52. The minimum Gasteiger partial charge on any atom is -0.342 e. The summed E-state index contributed by atoms with van der Waals surface area (Å²) in [6.07, 6.45) is 2.49. The number of nitrogens with zero attached hydrogens (tertiary/aromatic N) is 1. The topological polar surface area (TPSA) is 24.4 Å². The van der Waals surface area contributed by atoms with Gasteiger partial charge in [0.25, 0.3) is 0 Å². The zero-order chi connectivity index (χ0) is 11.1. The third-order valence-corrected chi connectivity index (χ3v) is 3.52. The standard InChI is InChI=1S/C14H16N2/c1-9-3-4-11-7-12(5-6-13(9)11)14-15-8-10(2)16-14/h5-7,9H,2-4,8H2,1H3,(H,15,16). The van der Waals surface area contributed by atoms with Crippen LogP contribution >= 0.6 is 0 Å². The molecule has 3 rings (SSSR count). The molecule has 1 aliphatic carbocycles. The highest BCUT2D eigenvalue weighted by Gasteiger charge is 2.20. The number of fused-ring (bicyclic) bond motifs is 1. The van der Waals surface area contributed by atoms with Crippen molar-refractivity contribution in [3.05, 3.63) is 47.2 Å². The Hall–Kier alpha value is -1.57. The Bertz CT molecular complexity index is 486. The maximum atomic E-state index is 4.44. The average molecular weight is 212 g/mol. The summed E-state index contributed by atoms with van der Waals surface area (Å²) in [5, 5.41) is 3.23. The second kappa shape index (κ2) is 3.48. The summed E-state index contributed by atoms with van der Waals surface area (Å²) in [7, 11) is 0. The van der Waals surface area contributed by atoms with Crippen LogP contribution < -0.4 is 5.32 Å². The normalized spacial score (nSPS) is 22.9. The molecule has 2 nitrogen and oxygen atoms in total. The van der Waals surface area contributed by atoms with Gasteiger partial charge >= 0.3 is 0 Å². The van der Waals surface area contributed by atoms with E-state index in [-0.39, 0.29) is 0 Å². The number of aryl methyl sites for hydroxylation is 1. The van der Waals surface area contributed by atoms with Gasteiger partial charge in [-0.25, -0.2) is 0 Å². The SMILES string of the molecule is C=C1CN=C(c2ccc3c(c2)CCC3C)N1. The molecule has 1 aromatic rings. The highest BCUT2D eigenvalue weighted by Crippen LogP contribution is 2.33. The maximum Gasteiger partial charge on any atom is 0.132 e. The molecule has 0 fully saturated rings. The van der Waals surface area contributed by atoms with Gasteiger partial charge in [0.05, 0.1) is 6.54 Å². The van der Waals surface area contributed by atoms with Gasteiger partial charge in [0.1, 0.15) is 5.84 Å². The first kappa shape index (κ1) is 9.64. The van der Waals surface area contributed by atoms with Gasteiger partial charge in [-0.05, 0) is 36.0 Å². The maximum absolute atomic E-state index is 4.44. The Kier molecular flexibility index (Phi) is 2.10. The van der Waals surface area contributed by atoms with Gasteiger partial charge in [-0.1, -0.05) is 25.6 Å². The number of nitrogens with one attached hydrogen (secondary N) is 1. The van der Waals surface area contributed by atoms with Crippen LogP contribution in [0.3, 0.4) is 0 Å². The van der Waals surface area contributed by atoms with E-state index >= 15 is 0 Å². The molecule has 0 radical (unpaired) electrons. The molecule has 1 aromatic carbocycles. The minimum absolute atomic E-state index is 0.711. The molecule has 0 bridgehead atoms. The van der Waals surface area contributed by atoms with Crippen molar-refractivity contribution in [3.63, 3.8) is 0 Å². The number of aliphatic imine (C=N–C) groups is 1. The fourth-order valence-electron chi connectivity index (χ4n) is 2.56. The van der Waals surface area contributed by atoms with Crippen molar-refractivity contribution in [3.8, 4) is 0 Å². The molecule has 2 aliphatic rings. The van der Waals surface area contributed by atoms with Crippen molar-refractivity contribution in [2.75, 3.05) is 6.54 Å². The molecule has 1 unspecified atom stereocenters. The van der Waals surface area contributed by atoms with E-state index in [0.717, 1.165) is 17.5 Å². The summed E-state index contributed by atoms with van der Waals surface area (Å²) in [4.78, 5) is 4.44. The van der Waals surface area contributed by atoms with E-state index in [9.17, 15) is 0 Å². The monoisotopic (exact) mass is 212 g/mol. The Labute approximate surface area is 96.1 Å². The first-order valence-electron chi connectivity index (χ1n) is 5.86. The first-order chi connectivity index (χ1) is 7.74. The lowest BCUT2D eigenvalue weighted by Gasteiger charge is -2.07. The zero-order valence-corrected chi connectivity index (χ0v) is 9.59. The van der Waals surface area contributed by atoms with E-state index in [1.807, 2.05) is 0 Å². The fraction of sp³-hybridized carbons (Fsp3) is 0.357. The summed E-state index contributed by atoms with van der Waals surface area (Å²) in [5.41, 5.74) is 5.20.